The smallest absolute Gasteiger partial charge is 0.316 e. The third-order valence-corrected chi connectivity index (χ3v) is 5.44. The van der Waals surface area contributed by atoms with Crippen molar-refractivity contribution < 1.29 is 24.5 Å². The fourth-order valence-electron chi connectivity index (χ4n) is 3.30. The van der Waals surface area contributed by atoms with E-state index in [1.54, 1.807) is 26.0 Å². The zero-order chi connectivity index (χ0) is 21.9. The number of aliphatic hydroxyl groups excluding tert-OH is 1. The van der Waals surface area contributed by atoms with Crippen LogP contribution in [0.2, 0.25) is 0 Å². The average molecular weight is 407 g/mol. The monoisotopic (exact) mass is 406 g/mol. The van der Waals surface area contributed by atoms with Crippen LogP contribution in [0, 0.1) is 5.41 Å². The summed E-state index contributed by atoms with van der Waals surface area (Å²) >= 11 is 0. The van der Waals surface area contributed by atoms with Crippen molar-refractivity contribution in [3.63, 3.8) is 0 Å². The molecule has 5 nitrogen and oxygen atoms in total. The van der Waals surface area contributed by atoms with Crippen LogP contribution in [-0.4, -0.2) is 40.3 Å². The van der Waals surface area contributed by atoms with Crippen LogP contribution < -0.4 is 0 Å². The van der Waals surface area contributed by atoms with Gasteiger partial charge in [0.25, 0.3) is 0 Å². The number of hydrogen-bond donors (Lipinski definition) is 2. The number of carbonyl (C=O) groups excluding carboxylic acids is 2. The predicted molar refractivity (Wildman–Crippen MR) is 114 cm³/mol. The zero-order valence-corrected chi connectivity index (χ0v) is 18.5. The fraction of sp³-hybridized carbons (Fsp3) is 0.708. The molecule has 0 aromatic rings. The Hall–Kier alpha value is -1.68. The Bertz CT molecular complexity index is 640. The molecule has 0 amide bonds. The van der Waals surface area contributed by atoms with Crippen LogP contribution >= 0.6 is 0 Å². The minimum absolute atomic E-state index is 0.0126. The van der Waals surface area contributed by atoms with Gasteiger partial charge in [0, 0.05) is 13.0 Å². The van der Waals surface area contributed by atoms with E-state index in [0.29, 0.717) is 38.5 Å². The summed E-state index contributed by atoms with van der Waals surface area (Å²) in [5.41, 5.74) is 2.25. The van der Waals surface area contributed by atoms with E-state index in [9.17, 15) is 14.7 Å². The maximum absolute atomic E-state index is 12.9. The summed E-state index contributed by atoms with van der Waals surface area (Å²) in [5.74, 6) is -0.443. The maximum Gasteiger partial charge on any atom is 0.316 e. The number of carbonyl (C=O) groups is 2. The molecule has 1 fully saturated rings. The molecule has 29 heavy (non-hydrogen) atoms. The number of ketones is 1. The fourth-order valence-corrected chi connectivity index (χ4v) is 3.30. The number of ether oxygens (including phenoxy) is 1. The van der Waals surface area contributed by atoms with Crippen molar-refractivity contribution in [1.82, 2.24) is 0 Å². The number of aliphatic hydroxyl groups is 2. The highest BCUT2D eigenvalue weighted by Gasteiger charge is 2.36. The summed E-state index contributed by atoms with van der Waals surface area (Å²) in [5, 5.41) is 19.5. The van der Waals surface area contributed by atoms with Gasteiger partial charge in [-0.2, -0.15) is 0 Å². The average Bonchev–Trinajstić information content (AvgIpc) is 3.04. The van der Waals surface area contributed by atoms with E-state index >= 15 is 0 Å². The van der Waals surface area contributed by atoms with E-state index < -0.39 is 23.1 Å². The molecule has 0 spiro atoms. The van der Waals surface area contributed by atoms with E-state index in [-0.39, 0.29) is 12.4 Å². The van der Waals surface area contributed by atoms with Crippen molar-refractivity contribution in [2.45, 2.75) is 97.2 Å². The van der Waals surface area contributed by atoms with E-state index in [1.165, 1.54) is 0 Å². The van der Waals surface area contributed by atoms with Crippen LogP contribution in [0.4, 0.5) is 0 Å². The Labute approximate surface area is 175 Å². The molecule has 0 bridgehead atoms. The molecule has 164 valence electrons. The molecular weight excluding hydrogens is 368 g/mol. The number of unbranched alkanes of at least 4 members (excludes halogenated alkanes) is 1. The van der Waals surface area contributed by atoms with Crippen LogP contribution in [0.3, 0.4) is 0 Å². The lowest BCUT2D eigenvalue weighted by Gasteiger charge is -2.25. The molecule has 1 unspecified atom stereocenters. The summed E-state index contributed by atoms with van der Waals surface area (Å²) < 4.78 is 5.54. The van der Waals surface area contributed by atoms with Crippen LogP contribution in [0.1, 0.15) is 85.5 Å². The SMILES string of the molecule is CCCCC(C)(O)CC=C[C@](C)(CC=C=C(C)CCO)C(=O)O[C@@H]1CCCC1=O. The first kappa shape index (κ1) is 25.4. The van der Waals surface area contributed by atoms with Gasteiger partial charge in [0.2, 0.25) is 0 Å². The second-order valence-electron chi connectivity index (χ2n) is 8.68. The van der Waals surface area contributed by atoms with Gasteiger partial charge in [0.15, 0.2) is 11.9 Å². The van der Waals surface area contributed by atoms with Gasteiger partial charge in [-0.15, -0.1) is 5.73 Å². The quantitative estimate of drug-likeness (QED) is 0.285. The molecular formula is C24H38O5. The van der Waals surface area contributed by atoms with Gasteiger partial charge in [0.1, 0.15) is 0 Å². The number of Topliss-reactive ketones (excluding diaryl/α,β-unsaturated/α-hetero) is 1. The van der Waals surface area contributed by atoms with Crippen molar-refractivity contribution in [1.29, 1.82) is 0 Å². The molecule has 0 radical (unpaired) electrons. The van der Waals surface area contributed by atoms with Crippen LogP contribution in [0.25, 0.3) is 0 Å². The highest BCUT2D eigenvalue weighted by molar-refractivity contribution is 5.88. The molecule has 0 aliphatic heterocycles. The number of rotatable bonds is 12. The first-order valence-corrected chi connectivity index (χ1v) is 10.8. The van der Waals surface area contributed by atoms with E-state index in [0.717, 1.165) is 24.8 Å². The molecule has 0 heterocycles. The third-order valence-electron chi connectivity index (χ3n) is 5.44. The minimum Gasteiger partial charge on any atom is -0.454 e. The molecule has 1 aliphatic carbocycles. The normalized spacial score (nSPS) is 20.8. The lowest BCUT2D eigenvalue weighted by molar-refractivity contribution is -0.160. The Morgan fingerprint density at radius 1 is 1.34 bits per heavy atom. The predicted octanol–water partition coefficient (Wildman–Crippen LogP) is 4.42. The van der Waals surface area contributed by atoms with Crippen LogP contribution in [0.5, 0.6) is 0 Å². The second-order valence-corrected chi connectivity index (χ2v) is 8.68. The largest absolute Gasteiger partial charge is 0.454 e. The lowest BCUT2D eigenvalue weighted by atomic mass is 9.84. The first-order chi connectivity index (χ1) is 13.6. The van der Waals surface area contributed by atoms with Gasteiger partial charge in [-0.25, -0.2) is 0 Å². The maximum atomic E-state index is 12.9. The van der Waals surface area contributed by atoms with Gasteiger partial charge in [-0.3, -0.25) is 9.59 Å². The summed E-state index contributed by atoms with van der Waals surface area (Å²) in [6.45, 7) is 7.61. The summed E-state index contributed by atoms with van der Waals surface area (Å²) in [4.78, 5) is 24.8. The highest BCUT2D eigenvalue weighted by Crippen LogP contribution is 2.30. The summed E-state index contributed by atoms with van der Waals surface area (Å²) in [7, 11) is 0. The molecule has 0 aromatic carbocycles. The van der Waals surface area contributed by atoms with E-state index in [1.807, 2.05) is 13.0 Å². The summed E-state index contributed by atoms with van der Waals surface area (Å²) in [6, 6.07) is 0. The molecule has 1 aliphatic rings. The molecule has 1 saturated carbocycles. The van der Waals surface area contributed by atoms with Gasteiger partial charge in [0.05, 0.1) is 11.0 Å². The second kappa shape index (κ2) is 12.1. The first-order valence-electron chi connectivity index (χ1n) is 10.8. The minimum atomic E-state index is -0.948. The van der Waals surface area contributed by atoms with Crippen LogP contribution in [0.15, 0.2) is 29.5 Å². The Balaban J connectivity index is 2.93. The van der Waals surface area contributed by atoms with Gasteiger partial charge in [-0.05, 0) is 70.9 Å². The zero-order valence-electron chi connectivity index (χ0n) is 18.5. The molecule has 3 atom stereocenters. The van der Waals surface area contributed by atoms with Crippen LogP contribution in [-0.2, 0) is 14.3 Å². The molecule has 1 rings (SSSR count). The molecule has 0 saturated heterocycles. The molecule has 0 aromatic heterocycles. The Kier molecular flexibility index (Phi) is 10.6. The standard InChI is InChI=1S/C24H38O5/c1-5-6-16-24(4,28)17-9-15-23(3,14-8-10-19(2)13-18-25)22(27)29-21-12-7-11-20(21)26/h8-9,15,21,25,28H,5-7,11-14,16-18H2,1-4H3/t10?,21-,23+,24?/m1/s1. The third kappa shape index (κ3) is 9.12. The topological polar surface area (TPSA) is 83.8 Å². The molecule has 5 heteroatoms. The highest BCUT2D eigenvalue weighted by atomic mass is 16.5. The van der Waals surface area contributed by atoms with Gasteiger partial charge < -0.3 is 14.9 Å². The van der Waals surface area contributed by atoms with Crippen molar-refractivity contribution in [2.24, 2.45) is 5.41 Å². The van der Waals surface area contributed by atoms with Crippen molar-refractivity contribution in [3.8, 4) is 0 Å². The van der Waals surface area contributed by atoms with Crippen molar-refractivity contribution in [3.05, 3.63) is 29.5 Å². The summed E-state index contributed by atoms with van der Waals surface area (Å²) in [6.07, 6.45) is 10.6. The van der Waals surface area contributed by atoms with E-state index in [2.05, 4.69) is 12.7 Å². The lowest BCUT2D eigenvalue weighted by Crippen LogP contribution is -2.33. The van der Waals surface area contributed by atoms with Gasteiger partial charge in [-0.1, -0.05) is 31.9 Å². The Morgan fingerprint density at radius 2 is 2.07 bits per heavy atom. The van der Waals surface area contributed by atoms with E-state index in [4.69, 9.17) is 9.84 Å². The van der Waals surface area contributed by atoms with Crippen molar-refractivity contribution >= 4 is 11.8 Å². The van der Waals surface area contributed by atoms with Crippen molar-refractivity contribution in [2.75, 3.05) is 6.61 Å². The number of esters is 1. The Morgan fingerprint density at radius 3 is 2.66 bits per heavy atom. The number of hydrogen-bond acceptors (Lipinski definition) is 5. The molecule has 2 N–H and O–H groups in total. The van der Waals surface area contributed by atoms with Gasteiger partial charge >= 0.3 is 5.97 Å².